The summed E-state index contributed by atoms with van der Waals surface area (Å²) in [5.74, 6) is -2.96. The first kappa shape index (κ1) is 15.8. The van der Waals surface area contributed by atoms with Crippen molar-refractivity contribution in [3.05, 3.63) is 29.3 Å². The minimum atomic E-state index is -4.21. The lowest BCUT2D eigenvalue weighted by atomic mass is 10.1. The molecule has 0 bridgehead atoms. The highest BCUT2D eigenvalue weighted by Crippen LogP contribution is 2.33. The summed E-state index contributed by atoms with van der Waals surface area (Å²) < 4.78 is 49.3. The van der Waals surface area contributed by atoms with Crippen LogP contribution >= 0.6 is 0 Å². The number of halogens is 2. The molecule has 0 unspecified atom stereocenters. The Morgan fingerprint density at radius 1 is 1.33 bits per heavy atom. The molecule has 116 valence electrons. The number of primary sulfonamides is 1. The van der Waals surface area contributed by atoms with E-state index in [0.717, 1.165) is 18.9 Å². The molecule has 1 amide bonds. The van der Waals surface area contributed by atoms with E-state index in [1.165, 1.54) is 12.8 Å². The smallest absolute Gasteiger partial charge is 0.254 e. The molecule has 3 N–H and O–H groups in total. The number of nitrogens with two attached hydrogens (primary N) is 1. The molecule has 8 heteroatoms. The van der Waals surface area contributed by atoms with Gasteiger partial charge in [-0.05, 0) is 30.9 Å². The summed E-state index contributed by atoms with van der Waals surface area (Å²) in [5, 5.41) is 7.31. The number of carbonyl (C=O) groups is 1. The maximum absolute atomic E-state index is 13.6. The van der Waals surface area contributed by atoms with Gasteiger partial charge in [-0.1, -0.05) is 12.8 Å². The van der Waals surface area contributed by atoms with Crippen LogP contribution in [-0.2, 0) is 10.0 Å². The van der Waals surface area contributed by atoms with Crippen molar-refractivity contribution < 1.29 is 22.0 Å². The molecule has 0 spiro atoms. The maximum atomic E-state index is 13.6. The lowest BCUT2D eigenvalue weighted by molar-refractivity contribution is 0.0947. The second-order valence-corrected chi connectivity index (χ2v) is 6.71. The molecule has 1 fully saturated rings. The molecule has 1 saturated carbocycles. The molecule has 2 rings (SSSR count). The maximum Gasteiger partial charge on any atom is 0.254 e. The van der Waals surface area contributed by atoms with Gasteiger partial charge >= 0.3 is 0 Å². The molecule has 1 aliphatic carbocycles. The van der Waals surface area contributed by atoms with Gasteiger partial charge in [-0.25, -0.2) is 22.3 Å². The highest BCUT2D eigenvalue weighted by Gasteiger charge is 2.22. The van der Waals surface area contributed by atoms with Crippen LogP contribution in [-0.4, -0.2) is 20.9 Å². The average Bonchev–Trinajstić information content (AvgIpc) is 3.20. The fourth-order valence-corrected chi connectivity index (χ4v) is 2.54. The first-order chi connectivity index (χ1) is 9.79. The highest BCUT2D eigenvalue weighted by molar-refractivity contribution is 7.89. The molecule has 1 aliphatic rings. The molecule has 21 heavy (non-hydrogen) atoms. The van der Waals surface area contributed by atoms with Gasteiger partial charge in [0.05, 0.1) is 10.5 Å². The van der Waals surface area contributed by atoms with E-state index in [9.17, 15) is 22.0 Å². The summed E-state index contributed by atoms with van der Waals surface area (Å²) in [4.78, 5) is 11.2. The van der Waals surface area contributed by atoms with Crippen molar-refractivity contribution >= 4 is 15.9 Å². The number of benzene rings is 1. The minimum absolute atomic E-state index is 0.329. The van der Waals surface area contributed by atoms with Gasteiger partial charge in [0.25, 0.3) is 5.91 Å². The van der Waals surface area contributed by atoms with Gasteiger partial charge < -0.3 is 5.32 Å². The number of hydrogen-bond donors (Lipinski definition) is 2. The van der Waals surface area contributed by atoms with E-state index in [1.807, 2.05) is 0 Å². The number of amides is 1. The molecule has 5 nitrogen and oxygen atoms in total. The number of hydrogen-bond acceptors (Lipinski definition) is 3. The van der Waals surface area contributed by atoms with Gasteiger partial charge in [0.1, 0.15) is 0 Å². The lowest BCUT2D eigenvalue weighted by Crippen LogP contribution is -2.26. The Morgan fingerprint density at radius 3 is 2.57 bits per heavy atom. The fraction of sp³-hybridized carbons (Fsp3) is 0.462. The third kappa shape index (κ3) is 4.21. The van der Waals surface area contributed by atoms with Gasteiger partial charge in [0.15, 0.2) is 11.6 Å². The molecule has 0 heterocycles. The summed E-state index contributed by atoms with van der Waals surface area (Å²) in [6.45, 7) is 0.329. The van der Waals surface area contributed by atoms with E-state index in [-0.39, 0.29) is 0 Å². The van der Waals surface area contributed by atoms with Crippen LogP contribution in [0, 0.1) is 17.6 Å². The number of sulfonamides is 1. The molecule has 1 aromatic carbocycles. The Kier molecular flexibility index (Phi) is 4.58. The first-order valence-corrected chi connectivity index (χ1v) is 8.13. The zero-order chi connectivity index (χ0) is 15.6. The topological polar surface area (TPSA) is 89.3 Å². The van der Waals surface area contributed by atoms with Gasteiger partial charge in [0, 0.05) is 6.54 Å². The van der Waals surface area contributed by atoms with Crippen molar-refractivity contribution in [2.75, 3.05) is 6.54 Å². The number of carbonyl (C=O) groups excluding carboxylic acids is 1. The zero-order valence-corrected chi connectivity index (χ0v) is 12.1. The van der Waals surface area contributed by atoms with Crippen LogP contribution in [0.2, 0.25) is 0 Å². The Hall–Kier alpha value is -1.54. The Balaban J connectivity index is 2.09. The normalized spacial score (nSPS) is 15.0. The summed E-state index contributed by atoms with van der Waals surface area (Å²) in [6.07, 6.45) is 4.12. The van der Waals surface area contributed by atoms with Crippen LogP contribution < -0.4 is 10.5 Å². The molecular formula is C13H16F2N2O3S. The molecule has 0 aliphatic heterocycles. The standard InChI is InChI=1S/C13H16F2N2O3S/c14-11-7-9(21(16,19)20)6-10(12(11)15)13(18)17-5-1-2-8-3-4-8/h6-8H,1-5H2,(H,17,18)(H2,16,19,20). The van der Waals surface area contributed by atoms with Crippen molar-refractivity contribution in [2.45, 2.75) is 30.6 Å². The molecule has 0 saturated heterocycles. The molecule has 0 atom stereocenters. The van der Waals surface area contributed by atoms with Gasteiger partial charge in [-0.15, -0.1) is 0 Å². The van der Waals surface area contributed by atoms with E-state index in [2.05, 4.69) is 5.32 Å². The zero-order valence-electron chi connectivity index (χ0n) is 11.2. The Bertz CT molecular complexity index is 658. The second kappa shape index (κ2) is 6.07. The first-order valence-electron chi connectivity index (χ1n) is 6.59. The largest absolute Gasteiger partial charge is 0.352 e. The molecule has 0 aromatic heterocycles. The summed E-state index contributed by atoms with van der Waals surface area (Å²) >= 11 is 0. The van der Waals surface area contributed by atoms with Crippen LogP contribution in [0.1, 0.15) is 36.0 Å². The van der Waals surface area contributed by atoms with Gasteiger partial charge in [-0.2, -0.15) is 0 Å². The van der Waals surface area contributed by atoms with E-state index < -0.39 is 38.0 Å². The van der Waals surface area contributed by atoms with E-state index in [4.69, 9.17) is 5.14 Å². The SMILES string of the molecule is NS(=O)(=O)c1cc(F)c(F)c(C(=O)NCCCC2CC2)c1. The van der Waals surface area contributed by atoms with Gasteiger partial charge in [-0.3, -0.25) is 4.79 Å². The van der Waals surface area contributed by atoms with Crippen LogP contribution in [0.25, 0.3) is 0 Å². The summed E-state index contributed by atoms with van der Waals surface area (Å²) in [5.41, 5.74) is -0.662. The monoisotopic (exact) mass is 318 g/mol. The highest BCUT2D eigenvalue weighted by atomic mass is 32.2. The quantitative estimate of drug-likeness (QED) is 0.780. The molecule has 1 aromatic rings. The van der Waals surface area contributed by atoms with Crippen molar-refractivity contribution in [1.82, 2.24) is 5.32 Å². The summed E-state index contributed by atoms with van der Waals surface area (Å²) in [7, 11) is -4.21. The summed E-state index contributed by atoms with van der Waals surface area (Å²) in [6, 6.07) is 1.19. The third-order valence-corrected chi connectivity index (χ3v) is 4.24. The van der Waals surface area contributed by atoms with Crippen LogP contribution in [0.15, 0.2) is 17.0 Å². The Morgan fingerprint density at radius 2 is 2.00 bits per heavy atom. The van der Waals surface area contributed by atoms with Gasteiger partial charge in [0.2, 0.25) is 10.0 Å². The van der Waals surface area contributed by atoms with Crippen molar-refractivity contribution in [3.63, 3.8) is 0 Å². The fourth-order valence-electron chi connectivity index (χ4n) is 1.99. The van der Waals surface area contributed by atoms with Crippen LogP contribution in [0.4, 0.5) is 8.78 Å². The van der Waals surface area contributed by atoms with Crippen molar-refractivity contribution in [2.24, 2.45) is 11.1 Å². The predicted molar refractivity (Wildman–Crippen MR) is 72.0 cm³/mol. The Labute approximate surface area is 121 Å². The average molecular weight is 318 g/mol. The van der Waals surface area contributed by atoms with E-state index in [1.54, 1.807) is 0 Å². The van der Waals surface area contributed by atoms with Crippen molar-refractivity contribution in [1.29, 1.82) is 0 Å². The minimum Gasteiger partial charge on any atom is -0.352 e. The van der Waals surface area contributed by atoms with Crippen molar-refractivity contribution in [3.8, 4) is 0 Å². The second-order valence-electron chi connectivity index (χ2n) is 5.15. The number of rotatable bonds is 6. The van der Waals surface area contributed by atoms with Crippen LogP contribution in [0.5, 0.6) is 0 Å². The van der Waals surface area contributed by atoms with E-state index in [0.29, 0.717) is 18.5 Å². The lowest BCUT2D eigenvalue weighted by Gasteiger charge is -2.08. The predicted octanol–water partition coefficient (Wildman–Crippen LogP) is 1.53. The molecular weight excluding hydrogens is 302 g/mol. The van der Waals surface area contributed by atoms with Crippen LogP contribution in [0.3, 0.4) is 0 Å². The third-order valence-electron chi connectivity index (χ3n) is 3.35. The molecule has 0 radical (unpaired) electrons. The van der Waals surface area contributed by atoms with E-state index >= 15 is 0 Å². The number of nitrogens with one attached hydrogen (secondary N) is 1.